The summed E-state index contributed by atoms with van der Waals surface area (Å²) in [6.07, 6.45) is 0.261. The van der Waals surface area contributed by atoms with Crippen LogP contribution in [0.15, 0.2) is 71.6 Å². The van der Waals surface area contributed by atoms with E-state index in [1.54, 1.807) is 39.0 Å². The number of rotatable bonds is 12. The number of anilines is 1. The van der Waals surface area contributed by atoms with Crippen molar-refractivity contribution in [2.75, 3.05) is 18.0 Å². The highest BCUT2D eigenvalue weighted by Crippen LogP contribution is 2.35. The summed E-state index contributed by atoms with van der Waals surface area (Å²) in [6, 6.07) is 15.2. The molecule has 0 aliphatic heterocycles. The fourth-order valence-electron chi connectivity index (χ4n) is 4.30. The number of ether oxygens (including phenoxy) is 1. The predicted octanol–water partition coefficient (Wildman–Crippen LogP) is 5.32. The zero-order valence-corrected chi connectivity index (χ0v) is 25.3. The normalized spacial score (nSPS) is 12.1. The lowest BCUT2D eigenvalue weighted by Gasteiger charge is -2.34. The molecule has 220 valence electrons. The van der Waals surface area contributed by atoms with Gasteiger partial charge in [0.25, 0.3) is 10.0 Å². The summed E-state index contributed by atoms with van der Waals surface area (Å²) in [5.41, 5.74) is 1.50. The van der Waals surface area contributed by atoms with Gasteiger partial charge in [-0.05, 0) is 75.2 Å². The van der Waals surface area contributed by atoms with Crippen LogP contribution in [-0.2, 0) is 26.2 Å². The molecular weight excluding hydrogens is 569 g/mol. The van der Waals surface area contributed by atoms with Gasteiger partial charge in [0.05, 0.1) is 17.7 Å². The summed E-state index contributed by atoms with van der Waals surface area (Å²) in [5.74, 6) is -1.28. The van der Waals surface area contributed by atoms with E-state index in [1.165, 1.54) is 60.5 Å². The van der Waals surface area contributed by atoms with Gasteiger partial charge < -0.3 is 15.0 Å². The number of carbonyl (C=O) groups excluding carboxylic acids is 2. The Morgan fingerprint density at radius 3 is 2.22 bits per heavy atom. The number of halogens is 2. The van der Waals surface area contributed by atoms with Crippen molar-refractivity contribution in [3.05, 3.63) is 88.7 Å². The summed E-state index contributed by atoms with van der Waals surface area (Å²) >= 11 is 6.26. The highest BCUT2D eigenvalue weighted by molar-refractivity contribution is 7.92. The second-order valence-electron chi connectivity index (χ2n) is 9.88. The molecule has 0 bridgehead atoms. The van der Waals surface area contributed by atoms with Gasteiger partial charge in [-0.1, -0.05) is 48.4 Å². The Morgan fingerprint density at radius 2 is 1.66 bits per heavy atom. The van der Waals surface area contributed by atoms with E-state index in [9.17, 15) is 22.4 Å². The Hall–Kier alpha value is -3.63. The highest BCUT2D eigenvalue weighted by atomic mass is 35.5. The predicted molar refractivity (Wildman–Crippen MR) is 158 cm³/mol. The molecule has 2 amide bonds. The molecule has 8 nitrogen and oxygen atoms in total. The molecule has 0 spiro atoms. The van der Waals surface area contributed by atoms with E-state index < -0.39 is 34.3 Å². The second kappa shape index (κ2) is 13.8. The van der Waals surface area contributed by atoms with E-state index in [2.05, 4.69) is 5.32 Å². The largest absolute Gasteiger partial charge is 0.495 e. The molecule has 1 atom stereocenters. The maximum Gasteiger partial charge on any atom is 0.264 e. The molecule has 11 heteroatoms. The molecule has 0 fully saturated rings. The quantitative estimate of drug-likeness (QED) is 0.302. The molecule has 1 N–H and O–H groups in total. The Balaban J connectivity index is 2.13. The van der Waals surface area contributed by atoms with Crippen molar-refractivity contribution in [3.8, 4) is 5.75 Å². The fourth-order valence-corrected chi connectivity index (χ4v) is 5.88. The van der Waals surface area contributed by atoms with Crippen molar-refractivity contribution < 1.29 is 27.1 Å². The van der Waals surface area contributed by atoms with Crippen molar-refractivity contribution in [2.45, 2.75) is 57.6 Å². The highest BCUT2D eigenvalue weighted by Gasteiger charge is 2.35. The van der Waals surface area contributed by atoms with Crippen LogP contribution in [0.3, 0.4) is 0 Å². The first-order valence-corrected chi connectivity index (χ1v) is 15.0. The second-order valence-corrected chi connectivity index (χ2v) is 12.2. The molecule has 0 unspecified atom stereocenters. The summed E-state index contributed by atoms with van der Waals surface area (Å²) in [7, 11) is -2.92. The van der Waals surface area contributed by atoms with Gasteiger partial charge in [0.2, 0.25) is 11.8 Å². The number of hydrogen-bond donors (Lipinski definition) is 1. The number of aryl methyl sites for hydroxylation is 1. The van der Waals surface area contributed by atoms with Crippen LogP contribution in [-0.4, -0.2) is 50.9 Å². The molecule has 3 rings (SSSR count). The first kappa shape index (κ1) is 31.9. The first-order valence-electron chi connectivity index (χ1n) is 13.1. The zero-order chi connectivity index (χ0) is 30.3. The molecule has 0 saturated carbocycles. The van der Waals surface area contributed by atoms with E-state index in [0.29, 0.717) is 5.56 Å². The van der Waals surface area contributed by atoms with Crippen LogP contribution in [0.25, 0.3) is 0 Å². The Morgan fingerprint density at radius 1 is 1.02 bits per heavy atom. The van der Waals surface area contributed by atoms with Gasteiger partial charge in [0, 0.05) is 17.6 Å². The van der Waals surface area contributed by atoms with Crippen LogP contribution in [0.5, 0.6) is 5.75 Å². The molecule has 0 aromatic heterocycles. The number of nitrogens with one attached hydrogen (secondary N) is 1. The SMILES string of the molecule is CC[C@H](C(=O)NC(C)C)N(Cc1ccc(F)cc1)C(=O)CN(c1cc(Cl)ccc1OC)S(=O)(=O)c1ccc(C)cc1. The Bertz CT molecular complexity index is 1460. The van der Waals surface area contributed by atoms with Crippen molar-refractivity contribution in [2.24, 2.45) is 0 Å². The summed E-state index contributed by atoms with van der Waals surface area (Å²) < 4.78 is 48.1. The van der Waals surface area contributed by atoms with Crippen molar-refractivity contribution in [1.29, 1.82) is 0 Å². The van der Waals surface area contributed by atoms with Crippen LogP contribution in [0.1, 0.15) is 38.3 Å². The lowest BCUT2D eigenvalue weighted by molar-refractivity contribution is -0.140. The number of benzene rings is 3. The Labute approximate surface area is 246 Å². The average Bonchev–Trinajstić information content (AvgIpc) is 2.92. The van der Waals surface area contributed by atoms with E-state index in [1.807, 2.05) is 6.92 Å². The smallest absolute Gasteiger partial charge is 0.264 e. The number of sulfonamides is 1. The third-order valence-electron chi connectivity index (χ3n) is 6.38. The zero-order valence-electron chi connectivity index (χ0n) is 23.7. The van der Waals surface area contributed by atoms with Gasteiger partial charge in [-0.3, -0.25) is 13.9 Å². The number of methoxy groups -OCH3 is 1. The molecule has 0 radical (unpaired) electrons. The van der Waals surface area contributed by atoms with Crippen LogP contribution in [0.4, 0.5) is 10.1 Å². The molecule has 0 heterocycles. The molecule has 41 heavy (non-hydrogen) atoms. The number of nitrogens with zero attached hydrogens (tertiary/aromatic N) is 2. The minimum atomic E-state index is -4.30. The summed E-state index contributed by atoms with van der Waals surface area (Å²) in [5, 5.41) is 3.07. The number of hydrogen-bond acceptors (Lipinski definition) is 5. The molecule has 0 aliphatic carbocycles. The van der Waals surface area contributed by atoms with Gasteiger partial charge in [-0.25, -0.2) is 12.8 Å². The lowest BCUT2D eigenvalue weighted by atomic mass is 10.1. The molecule has 0 saturated heterocycles. The topological polar surface area (TPSA) is 96.0 Å². The standard InChI is InChI=1S/C30H35ClFN3O5S/c1-6-26(30(37)33-20(2)3)34(18-22-9-12-24(32)13-10-22)29(36)19-35(27-17-23(31)11-16-28(27)40-5)41(38,39)25-14-7-21(4)8-15-25/h7-17,20,26H,6,18-19H2,1-5H3,(H,33,37)/t26-/m1/s1. The van der Waals surface area contributed by atoms with Crippen LogP contribution in [0.2, 0.25) is 5.02 Å². The van der Waals surface area contributed by atoms with Crippen molar-refractivity contribution >= 4 is 39.1 Å². The van der Waals surface area contributed by atoms with Crippen LogP contribution in [0, 0.1) is 12.7 Å². The summed E-state index contributed by atoms with van der Waals surface area (Å²) in [4.78, 5) is 28.6. The monoisotopic (exact) mass is 603 g/mol. The van der Waals surface area contributed by atoms with Gasteiger partial charge >= 0.3 is 0 Å². The van der Waals surface area contributed by atoms with Crippen molar-refractivity contribution in [3.63, 3.8) is 0 Å². The fraction of sp³-hybridized carbons (Fsp3) is 0.333. The van der Waals surface area contributed by atoms with Crippen molar-refractivity contribution in [1.82, 2.24) is 10.2 Å². The van der Waals surface area contributed by atoms with Gasteiger partial charge in [0.1, 0.15) is 24.2 Å². The minimum Gasteiger partial charge on any atom is -0.495 e. The molecule has 0 aliphatic rings. The maximum absolute atomic E-state index is 14.1. The first-order chi connectivity index (χ1) is 19.4. The third kappa shape index (κ3) is 7.98. The number of amides is 2. The summed E-state index contributed by atoms with van der Waals surface area (Å²) in [6.45, 7) is 6.50. The van der Waals surface area contributed by atoms with E-state index in [0.717, 1.165) is 9.87 Å². The Kier molecular flexibility index (Phi) is 10.8. The minimum absolute atomic E-state index is 0.0346. The number of carbonyl (C=O) groups is 2. The molecule has 3 aromatic carbocycles. The van der Waals surface area contributed by atoms with Crippen LogP contribution >= 0.6 is 11.6 Å². The maximum atomic E-state index is 14.1. The van der Waals surface area contributed by atoms with Gasteiger partial charge in [-0.2, -0.15) is 0 Å². The molecule has 3 aromatic rings. The van der Waals surface area contributed by atoms with Gasteiger partial charge in [0.15, 0.2) is 0 Å². The van der Waals surface area contributed by atoms with E-state index in [-0.39, 0.29) is 46.3 Å². The van der Waals surface area contributed by atoms with Crippen LogP contribution < -0.4 is 14.4 Å². The van der Waals surface area contributed by atoms with E-state index >= 15 is 0 Å². The van der Waals surface area contributed by atoms with Gasteiger partial charge in [-0.15, -0.1) is 0 Å². The van der Waals surface area contributed by atoms with E-state index in [4.69, 9.17) is 16.3 Å². The third-order valence-corrected chi connectivity index (χ3v) is 8.39. The average molecular weight is 604 g/mol. The lowest BCUT2D eigenvalue weighted by Crippen LogP contribution is -2.53. The molecular formula is C30H35ClFN3O5S.